The van der Waals surface area contributed by atoms with Crippen molar-refractivity contribution in [1.82, 2.24) is 0 Å². The van der Waals surface area contributed by atoms with E-state index in [1.54, 1.807) is 12.1 Å². The van der Waals surface area contributed by atoms with Crippen molar-refractivity contribution in [3.63, 3.8) is 0 Å². The third-order valence-electron chi connectivity index (χ3n) is 2.32. The van der Waals surface area contributed by atoms with E-state index >= 15 is 0 Å². The fourth-order valence-corrected chi connectivity index (χ4v) is 1.41. The zero-order valence-corrected chi connectivity index (χ0v) is 10.6. The summed E-state index contributed by atoms with van der Waals surface area (Å²) in [5.41, 5.74) is 0.518. The molecule has 0 saturated carbocycles. The molecule has 98 valence electrons. The molecule has 1 N–H and O–H groups in total. The number of ether oxygens (including phenoxy) is 2. The molecule has 0 saturated heterocycles. The maximum atomic E-state index is 11.8. The second-order valence-corrected chi connectivity index (χ2v) is 4.07. The summed E-state index contributed by atoms with van der Waals surface area (Å²) in [5.74, 6) is -0.527. The summed E-state index contributed by atoms with van der Waals surface area (Å²) < 4.78 is 10.1. The Morgan fingerprint density at radius 2 is 1.94 bits per heavy atom. The van der Waals surface area contributed by atoms with E-state index in [1.807, 2.05) is 13.8 Å². The van der Waals surface area contributed by atoms with Crippen LogP contribution in [-0.4, -0.2) is 30.6 Å². The topological polar surface area (TPSA) is 72.8 Å². The molecule has 5 heteroatoms. The Labute approximate surface area is 105 Å². The number of carbonyl (C=O) groups is 2. The van der Waals surface area contributed by atoms with Crippen LogP contribution < -0.4 is 9.47 Å². The van der Waals surface area contributed by atoms with Crippen molar-refractivity contribution in [2.24, 2.45) is 5.92 Å². The highest BCUT2D eigenvalue weighted by Crippen LogP contribution is 2.28. The quantitative estimate of drug-likeness (QED) is 0.784. The average Bonchev–Trinajstić information content (AvgIpc) is 2.34. The standard InChI is InChI=1S/C13H16O5/c1-8(2)13(16)9-4-5-10(11(6-9)17-3)18-7-12(14)15/h4-6,8H,7H2,1-3H3,(H,14,15). The fraction of sp³-hybridized carbons (Fsp3) is 0.385. The molecular formula is C13H16O5. The number of carboxylic acid groups (broad SMARTS) is 1. The molecule has 0 unspecified atom stereocenters. The van der Waals surface area contributed by atoms with Crippen molar-refractivity contribution >= 4 is 11.8 Å². The number of methoxy groups -OCH3 is 1. The first-order valence-corrected chi connectivity index (χ1v) is 5.52. The molecule has 0 bridgehead atoms. The van der Waals surface area contributed by atoms with Crippen molar-refractivity contribution in [1.29, 1.82) is 0 Å². The van der Waals surface area contributed by atoms with Crippen LogP contribution in [-0.2, 0) is 4.79 Å². The summed E-state index contributed by atoms with van der Waals surface area (Å²) in [6, 6.07) is 4.69. The van der Waals surface area contributed by atoms with Crippen molar-refractivity contribution in [2.75, 3.05) is 13.7 Å². The number of carbonyl (C=O) groups excluding carboxylic acids is 1. The van der Waals surface area contributed by atoms with Crippen LogP contribution in [0.3, 0.4) is 0 Å². The lowest BCUT2D eigenvalue weighted by Gasteiger charge is -2.11. The molecule has 0 radical (unpaired) electrons. The first-order chi connectivity index (χ1) is 8.45. The molecule has 0 atom stereocenters. The minimum atomic E-state index is -1.07. The molecule has 5 nitrogen and oxygen atoms in total. The Kier molecular flexibility index (Phi) is 4.71. The van der Waals surface area contributed by atoms with Gasteiger partial charge in [0.05, 0.1) is 7.11 Å². The Morgan fingerprint density at radius 3 is 2.44 bits per heavy atom. The van der Waals surface area contributed by atoms with Crippen LogP contribution in [0.1, 0.15) is 24.2 Å². The third kappa shape index (κ3) is 3.48. The van der Waals surface area contributed by atoms with Crippen molar-refractivity contribution in [3.05, 3.63) is 23.8 Å². The monoisotopic (exact) mass is 252 g/mol. The number of hydrogen-bond acceptors (Lipinski definition) is 4. The Hall–Kier alpha value is -2.04. The molecule has 0 amide bonds. The fourth-order valence-electron chi connectivity index (χ4n) is 1.41. The summed E-state index contributed by atoms with van der Waals surface area (Å²) in [4.78, 5) is 22.2. The molecule has 0 spiro atoms. The number of aliphatic carboxylic acids is 1. The molecule has 18 heavy (non-hydrogen) atoms. The highest BCUT2D eigenvalue weighted by molar-refractivity contribution is 5.98. The summed E-state index contributed by atoms with van der Waals surface area (Å²) in [7, 11) is 1.44. The first-order valence-electron chi connectivity index (χ1n) is 5.52. The van der Waals surface area contributed by atoms with Gasteiger partial charge in [-0.05, 0) is 18.2 Å². The van der Waals surface area contributed by atoms with E-state index in [0.717, 1.165) is 0 Å². The molecule has 0 fully saturated rings. The summed E-state index contributed by atoms with van der Waals surface area (Å²) in [6.07, 6.45) is 0. The zero-order valence-electron chi connectivity index (χ0n) is 10.6. The maximum absolute atomic E-state index is 11.8. The number of Topliss-reactive ketones (excluding diaryl/α,β-unsaturated/α-hetero) is 1. The predicted octanol–water partition coefficient (Wildman–Crippen LogP) is 2.00. The van der Waals surface area contributed by atoms with Crippen molar-refractivity contribution < 1.29 is 24.2 Å². The van der Waals surface area contributed by atoms with Crippen LogP contribution in [0.25, 0.3) is 0 Å². The van der Waals surface area contributed by atoms with Gasteiger partial charge in [0.15, 0.2) is 23.9 Å². The summed E-state index contributed by atoms with van der Waals surface area (Å²) in [5, 5.41) is 8.53. The lowest BCUT2D eigenvalue weighted by molar-refractivity contribution is -0.139. The third-order valence-corrected chi connectivity index (χ3v) is 2.32. The van der Waals surface area contributed by atoms with Gasteiger partial charge in [0, 0.05) is 11.5 Å². The number of hydrogen-bond donors (Lipinski definition) is 1. The second-order valence-electron chi connectivity index (χ2n) is 4.07. The van der Waals surface area contributed by atoms with Gasteiger partial charge in [-0.15, -0.1) is 0 Å². The molecular weight excluding hydrogens is 236 g/mol. The summed E-state index contributed by atoms with van der Waals surface area (Å²) >= 11 is 0. The van der Waals surface area contributed by atoms with Gasteiger partial charge in [-0.25, -0.2) is 4.79 Å². The largest absolute Gasteiger partial charge is 0.493 e. The van der Waals surface area contributed by atoms with Crippen LogP contribution in [0.15, 0.2) is 18.2 Å². The van der Waals surface area contributed by atoms with E-state index in [1.165, 1.54) is 13.2 Å². The Bertz CT molecular complexity index is 451. The molecule has 1 rings (SSSR count). The number of benzene rings is 1. The van der Waals surface area contributed by atoms with E-state index in [4.69, 9.17) is 14.6 Å². The Balaban J connectivity index is 2.96. The first kappa shape index (κ1) is 14.0. The normalized spacial score (nSPS) is 10.2. The van der Waals surface area contributed by atoms with E-state index in [9.17, 15) is 9.59 Å². The lowest BCUT2D eigenvalue weighted by Crippen LogP contribution is -2.11. The van der Waals surface area contributed by atoms with Crippen molar-refractivity contribution in [3.8, 4) is 11.5 Å². The zero-order chi connectivity index (χ0) is 13.7. The minimum absolute atomic E-state index is 0.00177. The molecule has 0 aromatic heterocycles. The van der Waals surface area contributed by atoms with Crippen molar-refractivity contribution in [2.45, 2.75) is 13.8 Å². The van der Waals surface area contributed by atoms with Gasteiger partial charge in [0.1, 0.15) is 0 Å². The average molecular weight is 252 g/mol. The number of rotatable bonds is 6. The number of carboxylic acids is 1. The van der Waals surface area contributed by atoms with E-state index in [2.05, 4.69) is 0 Å². The molecule has 1 aromatic carbocycles. The second kappa shape index (κ2) is 6.05. The van der Waals surface area contributed by atoms with Gasteiger partial charge in [-0.3, -0.25) is 4.79 Å². The van der Waals surface area contributed by atoms with Crippen LogP contribution in [0, 0.1) is 5.92 Å². The van der Waals surface area contributed by atoms with E-state index in [-0.39, 0.29) is 11.7 Å². The molecule has 0 aliphatic carbocycles. The molecule has 0 aliphatic heterocycles. The highest BCUT2D eigenvalue weighted by atomic mass is 16.5. The molecule has 0 aliphatic rings. The van der Waals surface area contributed by atoms with Gasteiger partial charge in [-0.2, -0.15) is 0 Å². The highest BCUT2D eigenvalue weighted by Gasteiger charge is 2.14. The predicted molar refractivity (Wildman–Crippen MR) is 65.3 cm³/mol. The van der Waals surface area contributed by atoms with Crippen LogP contribution in [0.2, 0.25) is 0 Å². The molecule has 0 heterocycles. The number of ketones is 1. The van der Waals surface area contributed by atoms with Crippen LogP contribution >= 0.6 is 0 Å². The molecule has 1 aromatic rings. The van der Waals surface area contributed by atoms with Gasteiger partial charge < -0.3 is 14.6 Å². The Morgan fingerprint density at radius 1 is 1.28 bits per heavy atom. The summed E-state index contributed by atoms with van der Waals surface area (Å²) in [6.45, 7) is 3.17. The van der Waals surface area contributed by atoms with Gasteiger partial charge in [0.25, 0.3) is 0 Å². The van der Waals surface area contributed by atoms with Crippen LogP contribution in [0.4, 0.5) is 0 Å². The maximum Gasteiger partial charge on any atom is 0.341 e. The van der Waals surface area contributed by atoms with Gasteiger partial charge in [0.2, 0.25) is 0 Å². The van der Waals surface area contributed by atoms with Gasteiger partial charge >= 0.3 is 5.97 Å². The smallest absolute Gasteiger partial charge is 0.341 e. The minimum Gasteiger partial charge on any atom is -0.493 e. The lowest BCUT2D eigenvalue weighted by atomic mass is 10.0. The van der Waals surface area contributed by atoms with Crippen LogP contribution in [0.5, 0.6) is 11.5 Å². The van der Waals surface area contributed by atoms with E-state index < -0.39 is 12.6 Å². The van der Waals surface area contributed by atoms with E-state index in [0.29, 0.717) is 17.1 Å². The van der Waals surface area contributed by atoms with Gasteiger partial charge in [-0.1, -0.05) is 13.8 Å². The SMILES string of the molecule is COc1cc(C(=O)C(C)C)ccc1OCC(=O)O.